The van der Waals surface area contributed by atoms with E-state index in [1.54, 1.807) is 0 Å². The minimum absolute atomic E-state index is 0.147. The molecule has 2 unspecified atom stereocenters. The second kappa shape index (κ2) is 8.53. The van der Waals surface area contributed by atoms with Crippen LogP contribution < -0.4 is 11.5 Å². The van der Waals surface area contributed by atoms with Crippen molar-refractivity contribution >= 4 is 5.97 Å². The smallest absolute Gasteiger partial charge is 0.322 e. The molecule has 0 bridgehead atoms. The summed E-state index contributed by atoms with van der Waals surface area (Å²) in [4.78, 5) is 11.4. The van der Waals surface area contributed by atoms with Crippen molar-refractivity contribution in [1.82, 2.24) is 0 Å². The van der Waals surface area contributed by atoms with Crippen molar-refractivity contribution in [2.24, 2.45) is 17.4 Å². The zero-order valence-corrected chi connectivity index (χ0v) is 10.7. The maximum Gasteiger partial charge on any atom is 0.322 e. The molecule has 0 aliphatic carbocycles. The topological polar surface area (TPSA) is 78.3 Å². The van der Waals surface area contributed by atoms with E-state index in [1.165, 1.54) is 0 Å². The van der Waals surface area contributed by atoms with Crippen molar-refractivity contribution in [3.63, 3.8) is 0 Å². The zero-order valence-electron chi connectivity index (χ0n) is 10.7. The van der Waals surface area contributed by atoms with Crippen LogP contribution in [0.4, 0.5) is 0 Å². The molecule has 0 aliphatic heterocycles. The Morgan fingerprint density at radius 2 is 1.81 bits per heavy atom. The van der Waals surface area contributed by atoms with Crippen LogP contribution in [0.15, 0.2) is 0 Å². The largest absolute Gasteiger partial charge is 0.464 e. The lowest BCUT2D eigenvalue weighted by Gasteiger charge is -2.15. The fourth-order valence-corrected chi connectivity index (χ4v) is 1.38. The van der Waals surface area contributed by atoms with Crippen LogP contribution in [-0.4, -0.2) is 24.7 Å². The summed E-state index contributed by atoms with van der Waals surface area (Å²) in [6.45, 7) is 6.52. The third kappa shape index (κ3) is 7.65. The van der Waals surface area contributed by atoms with Gasteiger partial charge in [0.2, 0.25) is 0 Å². The molecule has 2 atom stereocenters. The van der Waals surface area contributed by atoms with E-state index in [9.17, 15) is 4.79 Å². The van der Waals surface area contributed by atoms with Gasteiger partial charge in [-0.2, -0.15) is 0 Å². The van der Waals surface area contributed by atoms with Crippen LogP contribution in [-0.2, 0) is 9.53 Å². The fourth-order valence-electron chi connectivity index (χ4n) is 1.38. The summed E-state index contributed by atoms with van der Waals surface area (Å²) >= 11 is 0. The lowest BCUT2D eigenvalue weighted by Crippen LogP contribution is -2.35. The summed E-state index contributed by atoms with van der Waals surface area (Å²) in [6, 6.07) is -0.379. The molecule has 0 radical (unpaired) electrons. The van der Waals surface area contributed by atoms with E-state index in [0.717, 1.165) is 19.3 Å². The normalized spacial score (nSPS) is 14.9. The number of rotatable bonds is 8. The minimum Gasteiger partial charge on any atom is -0.464 e. The van der Waals surface area contributed by atoms with Crippen molar-refractivity contribution in [2.75, 3.05) is 6.61 Å². The predicted octanol–water partition coefficient (Wildman–Crippen LogP) is 1.42. The summed E-state index contributed by atoms with van der Waals surface area (Å²) in [5.74, 6) is 0.0379. The number of hydrogen-bond acceptors (Lipinski definition) is 4. The summed E-state index contributed by atoms with van der Waals surface area (Å²) < 4.78 is 5.05. The summed E-state index contributed by atoms with van der Waals surface area (Å²) in [6.07, 6.45) is 3.44. The molecule has 0 aromatic rings. The highest BCUT2D eigenvalue weighted by Gasteiger charge is 2.16. The highest BCUT2D eigenvalue weighted by Crippen LogP contribution is 2.05. The molecule has 0 heterocycles. The highest BCUT2D eigenvalue weighted by molar-refractivity contribution is 5.75. The third-order valence-electron chi connectivity index (χ3n) is 2.37. The average Bonchev–Trinajstić information content (AvgIpc) is 2.22. The molecule has 0 spiro atoms. The summed E-state index contributed by atoms with van der Waals surface area (Å²) in [5.41, 5.74) is 11.6. The predicted molar refractivity (Wildman–Crippen MR) is 65.9 cm³/mol. The average molecular weight is 230 g/mol. The van der Waals surface area contributed by atoms with Gasteiger partial charge in [-0.15, -0.1) is 0 Å². The first-order chi connectivity index (χ1) is 7.47. The number of esters is 1. The van der Waals surface area contributed by atoms with Gasteiger partial charge in [-0.3, -0.25) is 4.79 Å². The van der Waals surface area contributed by atoms with Crippen molar-refractivity contribution < 1.29 is 9.53 Å². The van der Waals surface area contributed by atoms with Crippen molar-refractivity contribution in [1.29, 1.82) is 0 Å². The summed E-state index contributed by atoms with van der Waals surface area (Å²) in [7, 11) is 0. The van der Waals surface area contributed by atoms with Gasteiger partial charge >= 0.3 is 5.97 Å². The van der Waals surface area contributed by atoms with Gasteiger partial charge in [0.1, 0.15) is 6.04 Å². The first-order valence-electron chi connectivity index (χ1n) is 6.15. The first-order valence-corrected chi connectivity index (χ1v) is 6.15. The lowest BCUT2D eigenvalue weighted by molar-refractivity contribution is -0.146. The molecule has 0 saturated heterocycles. The van der Waals surface area contributed by atoms with Crippen LogP contribution in [0.1, 0.15) is 46.5 Å². The Balaban J connectivity index is 3.70. The molecule has 4 heteroatoms. The molecule has 0 aliphatic rings. The molecule has 0 fully saturated rings. The molecule has 16 heavy (non-hydrogen) atoms. The third-order valence-corrected chi connectivity index (χ3v) is 2.37. The molecule has 0 saturated carbocycles. The summed E-state index contributed by atoms with van der Waals surface area (Å²) in [5, 5.41) is 0. The number of hydrogen-bond donors (Lipinski definition) is 2. The Labute approximate surface area is 98.7 Å². The van der Waals surface area contributed by atoms with Gasteiger partial charge in [0, 0.05) is 6.04 Å². The van der Waals surface area contributed by atoms with Gasteiger partial charge in [0.25, 0.3) is 0 Å². The van der Waals surface area contributed by atoms with Crippen LogP contribution >= 0.6 is 0 Å². The number of ether oxygens (including phenoxy) is 1. The van der Waals surface area contributed by atoms with Crippen molar-refractivity contribution in [2.45, 2.75) is 58.5 Å². The van der Waals surface area contributed by atoms with Gasteiger partial charge in [0.05, 0.1) is 6.61 Å². The SMILES string of the molecule is CCCC(N)CCC(N)C(=O)OCC(C)C. The van der Waals surface area contributed by atoms with E-state index in [-0.39, 0.29) is 12.0 Å². The van der Waals surface area contributed by atoms with Crippen molar-refractivity contribution in [3.05, 3.63) is 0 Å². The van der Waals surface area contributed by atoms with Crippen molar-refractivity contribution in [3.8, 4) is 0 Å². The first kappa shape index (κ1) is 15.4. The molecule has 0 aromatic carbocycles. The molecular formula is C12H26N2O2. The molecule has 96 valence electrons. The van der Waals surface area contributed by atoms with E-state index >= 15 is 0 Å². The maximum atomic E-state index is 11.4. The standard InChI is InChI=1S/C12H26N2O2/c1-4-5-10(13)6-7-11(14)12(15)16-8-9(2)3/h9-11H,4-8,13-14H2,1-3H3. The lowest BCUT2D eigenvalue weighted by atomic mass is 10.0. The van der Waals surface area contributed by atoms with E-state index in [2.05, 4.69) is 6.92 Å². The highest BCUT2D eigenvalue weighted by atomic mass is 16.5. The number of nitrogens with two attached hydrogens (primary N) is 2. The van der Waals surface area contributed by atoms with E-state index in [1.807, 2.05) is 13.8 Å². The molecular weight excluding hydrogens is 204 g/mol. The monoisotopic (exact) mass is 230 g/mol. The maximum absolute atomic E-state index is 11.4. The Morgan fingerprint density at radius 3 is 2.31 bits per heavy atom. The number of carbonyl (C=O) groups is 1. The Kier molecular flexibility index (Phi) is 8.21. The van der Waals surface area contributed by atoms with Crippen LogP contribution in [0.5, 0.6) is 0 Å². The van der Waals surface area contributed by atoms with Gasteiger partial charge in [-0.05, 0) is 25.2 Å². The van der Waals surface area contributed by atoms with Gasteiger partial charge in [-0.25, -0.2) is 0 Å². The molecule has 0 aromatic heterocycles. The van der Waals surface area contributed by atoms with Crippen LogP contribution in [0, 0.1) is 5.92 Å². The van der Waals surface area contributed by atoms with E-state index < -0.39 is 6.04 Å². The van der Waals surface area contributed by atoms with E-state index in [0.29, 0.717) is 18.9 Å². The van der Waals surface area contributed by atoms with Gasteiger partial charge < -0.3 is 16.2 Å². The fraction of sp³-hybridized carbons (Fsp3) is 0.917. The Bertz CT molecular complexity index is 195. The molecule has 4 N–H and O–H groups in total. The Hall–Kier alpha value is -0.610. The Morgan fingerprint density at radius 1 is 1.19 bits per heavy atom. The molecule has 0 amide bonds. The quantitative estimate of drug-likeness (QED) is 0.618. The second-order valence-corrected chi connectivity index (χ2v) is 4.76. The van der Waals surface area contributed by atoms with Gasteiger partial charge in [0.15, 0.2) is 0 Å². The van der Waals surface area contributed by atoms with Crippen LogP contribution in [0.2, 0.25) is 0 Å². The van der Waals surface area contributed by atoms with Crippen LogP contribution in [0.3, 0.4) is 0 Å². The molecule has 4 nitrogen and oxygen atoms in total. The zero-order chi connectivity index (χ0) is 12.6. The molecule has 0 rings (SSSR count). The minimum atomic E-state index is -0.526. The van der Waals surface area contributed by atoms with Gasteiger partial charge in [-0.1, -0.05) is 27.2 Å². The number of carbonyl (C=O) groups excluding carboxylic acids is 1. The van der Waals surface area contributed by atoms with E-state index in [4.69, 9.17) is 16.2 Å². The van der Waals surface area contributed by atoms with Crippen LogP contribution in [0.25, 0.3) is 0 Å². The second-order valence-electron chi connectivity index (χ2n) is 4.76.